The molecule has 1 aromatic rings. The van der Waals surface area contributed by atoms with Crippen LogP contribution in [0.25, 0.3) is 0 Å². The molecule has 0 atom stereocenters. The van der Waals surface area contributed by atoms with Gasteiger partial charge in [-0.05, 0) is 19.2 Å². The molecule has 0 saturated carbocycles. The number of piperazine rings is 1. The minimum Gasteiger partial charge on any atom is -0.399 e. The van der Waals surface area contributed by atoms with Crippen LogP contribution >= 0.6 is 23.2 Å². The summed E-state index contributed by atoms with van der Waals surface area (Å²) in [5.74, 6) is -0.0949. The first kappa shape index (κ1) is 16.4. The van der Waals surface area contributed by atoms with Crippen molar-refractivity contribution in [3.05, 3.63) is 22.2 Å². The summed E-state index contributed by atoms with van der Waals surface area (Å²) in [6.07, 6.45) is 0.417. The number of hydrogen-bond donors (Lipinski definition) is 2. The molecule has 21 heavy (non-hydrogen) atoms. The maximum atomic E-state index is 12.0. The van der Waals surface area contributed by atoms with E-state index < -0.39 is 0 Å². The number of nitrogen functional groups attached to an aromatic ring is 1. The largest absolute Gasteiger partial charge is 0.399 e. The molecule has 0 unspecified atom stereocenters. The van der Waals surface area contributed by atoms with Crippen molar-refractivity contribution in [3.63, 3.8) is 0 Å². The molecule has 0 bridgehead atoms. The number of likely N-dealkylation sites (N-methyl/N-ethyl adjacent to an activating group) is 1. The zero-order valence-corrected chi connectivity index (χ0v) is 13.5. The quantitative estimate of drug-likeness (QED) is 0.830. The molecule has 0 spiro atoms. The van der Waals surface area contributed by atoms with Gasteiger partial charge in [-0.2, -0.15) is 0 Å². The molecule has 1 fully saturated rings. The Morgan fingerprint density at radius 1 is 1.24 bits per heavy atom. The lowest BCUT2D eigenvalue weighted by Crippen LogP contribution is -2.45. The average Bonchev–Trinajstić information content (AvgIpc) is 2.42. The van der Waals surface area contributed by atoms with E-state index in [-0.39, 0.29) is 5.91 Å². The second kappa shape index (κ2) is 7.31. The summed E-state index contributed by atoms with van der Waals surface area (Å²) >= 11 is 12.1. The molecule has 7 heteroatoms. The van der Waals surface area contributed by atoms with Crippen LogP contribution in [0.2, 0.25) is 10.0 Å². The number of amides is 1. The molecule has 2 rings (SSSR count). The number of carbonyl (C=O) groups is 1. The summed E-state index contributed by atoms with van der Waals surface area (Å²) in [6.45, 7) is 4.80. The average molecular weight is 331 g/mol. The predicted molar refractivity (Wildman–Crippen MR) is 88.1 cm³/mol. The van der Waals surface area contributed by atoms with Gasteiger partial charge in [0, 0.05) is 44.8 Å². The van der Waals surface area contributed by atoms with Crippen LogP contribution in [0.1, 0.15) is 6.42 Å². The molecule has 1 aliphatic heterocycles. The minimum absolute atomic E-state index is 0.0949. The Balaban J connectivity index is 1.85. The number of nitrogens with two attached hydrogens (primary N) is 1. The van der Waals surface area contributed by atoms with Gasteiger partial charge in [0.05, 0.1) is 15.7 Å². The summed E-state index contributed by atoms with van der Waals surface area (Å²) in [4.78, 5) is 16.6. The number of anilines is 2. The Morgan fingerprint density at radius 2 is 1.81 bits per heavy atom. The van der Waals surface area contributed by atoms with Crippen LogP contribution in [-0.2, 0) is 4.79 Å². The summed E-state index contributed by atoms with van der Waals surface area (Å²) < 4.78 is 0. The molecule has 0 aliphatic carbocycles. The molecule has 1 heterocycles. The Bertz CT molecular complexity index is 493. The molecule has 0 aromatic heterocycles. The van der Waals surface area contributed by atoms with Crippen LogP contribution in [0.5, 0.6) is 0 Å². The van der Waals surface area contributed by atoms with Crippen molar-refractivity contribution in [2.24, 2.45) is 0 Å². The lowest BCUT2D eigenvalue weighted by Gasteiger charge is -2.32. The van der Waals surface area contributed by atoms with Gasteiger partial charge in [-0.3, -0.25) is 4.79 Å². The molecule has 116 valence electrons. The van der Waals surface area contributed by atoms with Gasteiger partial charge in [0.2, 0.25) is 5.91 Å². The van der Waals surface area contributed by atoms with Crippen molar-refractivity contribution in [3.8, 4) is 0 Å². The molecule has 5 nitrogen and oxygen atoms in total. The van der Waals surface area contributed by atoms with Crippen molar-refractivity contribution < 1.29 is 4.79 Å². The van der Waals surface area contributed by atoms with E-state index in [1.807, 2.05) is 0 Å². The fraction of sp³-hybridized carbons (Fsp3) is 0.500. The number of halogens is 2. The first-order valence-corrected chi connectivity index (χ1v) is 7.66. The van der Waals surface area contributed by atoms with Crippen molar-refractivity contribution in [2.45, 2.75) is 6.42 Å². The Morgan fingerprint density at radius 3 is 2.38 bits per heavy atom. The summed E-state index contributed by atoms with van der Waals surface area (Å²) in [6, 6.07) is 3.15. The van der Waals surface area contributed by atoms with Gasteiger partial charge in [-0.15, -0.1) is 0 Å². The number of carbonyl (C=O) groups excluding carboxylic acids is 1. The Labute approximate surface area is 135 Å². The second-order valence-electron chi connectivity index (χ2n) is 5.30. The van der Waals surface area contributed by atoms with E-state index in [0.717, 1.165) is 32.7 Å². The van der Waals surface area contributed by atoms with E-state index in [1.165, 1.54) is 0 Å². The normalized spacial score (nSPS) is 16.9. The molecule has 3 N–H and O–H groups in total. The lowest BCUT2D eigenvalue weighted by atomic mass is 10.2. The molecule has 1 amide bonds. The van der Waals surface area contributed by atoms with Gasteiger partial charge in [0.1, 0.15) is 0 Å². The number of hydrogen-bond acceptors (Lipinski definition) is 4. The zero-order valence-electron chi connectivity index (χ0n) is 12.0. The van der Waals surface area contributed by atoms with Crippen molar-refractivity contribution in [2.75, 3.05) is 50.8 Å². The first-order valence-electron chi connectivity index (χ1n) is 6.91. The molecule has 1 aromatic carbocycles. The lowest BCUT2D eigenvalue weighted by molar-refractivity contribution is -0.116. The van der Waals surface area contributed by atoms with Gasteiger partial charge in [0.25, 0.3) is 0 Å². The molecule has 0 radical (unpaired) electrons. The highest BCUT2D eigenvalue weighted by Crippen LogP contribution is 2.32. The molecular weight excluding hydrogens is 311 g/mol. The number of nitrogens with one attached hydrogen (secondary N) is 1. The minimum atomic E-state index is -0.0949. The van der Waals surface area contributed by atoms with Gasteiger partial charge in [-0.1, -0.05) is 23.2 Å². The van der Waals surface area contributed by atoms with E-state index in [0.29, 0.717) is 27.8 Å². The predicted octanol–water partition coefficient (Wildman–Crippen LogP) is 2.15. The summed E-state index contributed by atoms with van der Waals surface area (Å²) in [5.41, 5.74) is 6.53. The SMILES string of the molecule is CN1CCN(CCC(=O)Nc2c(Cl)cc(N)cc2Cl)CC1. The maximum Gasteiger partial charge on any atom is 0.225 e. The third-order valence-corrected chi connectivity index (χ3v) is 4.18. The van der Waals surface area contributed by atoms with Crippen LogP contribution in [0.4, 0.5) is 11.4 Å². The van der Waals surface area contributed by atoms with E-state index in [1.54, 1.807) is 12.1 Å². The Hall–Kier alpha value is -1.01. The molecular formula is C14H20Cl2N4O. The van der Waals surface area contributed by atoms with Gasteiger partial charge in [-0.25, -0.2) is 0 Å². The highest BCUT2D eigenvalue weighted by molar-refractivity contribution is 6.40. The third-order valence-electron chi connectivity index (χ3n) is 3.58. The fourth-order valence-corrected chi connectivity index (χ4v) is 2.84. The first-order chi connectivity index (χ1) is 9.95. The van der Waals surface area contributed by atoms with Crippen LogP contribution in [-0.4, -0.2) is 55.5 Å². The van der Waals surface area contributed by atoms with E-state index >= 15 is 0 Å². The fourth-order valence-electron chi connectivity index (χ4n) is 2.25. The molecule has 1 aliphatic rings. The van der Waals surface area contributed by atoms with Gasteiger partial charge < -0.3 is 20.9 Å². The van der Waals surface area contributed by atoms with E-state index in [2.05, 4.69) is 22.2 Å². The van der Waals surface area contributed by atoms with E-state index in [9.17, 15) is 4.79 Å². The van der Waals surface area contributed by atoms with Crippen LogP contribution < -0.4 is 11.1 Å². The van der Waals surface area contributed by atoms with Crippen molar-refractivity contribution >= 4 is 40.5 Å². The van der Waals surface area contributed by atoms with Gasteiger partial charge >= 0.3 is 0 Å². The number of nitrogens with zero attached hydrogens (tertiary/aromatic N) is 2. The van der Waals surface area contributed by atoms with Gasteiger partial charge in [0.15, 0.2) is 0 Å². The maximum absolute atomic E-state index is 12.0. The summed E-state index contributed by atoms with van der Waals surface area (Å²) in [7, 11) is 2.11. The monoisotopic (exact) mass is 330 g/mol. The second-order valence-corrected chi connectivity index (χ2v) is 6.12. The van der Waals surface area contributed by atoms with Crippen molar-refractivity contribution in [1.82, 2.24) is 9.80 Å². The summed E-state index contributed by atoms with van der Waals surface area (Å²) in [5, 5.41) is 3.47. The third kappa shape index (κ3) is 4.74. The van der Waals surface area contributed by atoms with Crippen LogP contribution in [0.3, 0.4) is 0 Å². The Kier molecular flexibility index (Phi) is 5.70. The van der Waals surface area contributed by atoms with Crippen molar-refractivity contribution in [1.29, 1.82) is 0 Å². The van der Waals surface area contributed by atoms with Crippen LogP contribution in [0.15, 0.2) is 12.1 Å². The standard InChI is InChI=1S/C14H20Cl2N4O/c1-19-4-6-20(7-5-19)3-2-13(21)18-14-11(15)8-10(17)9-12(14)16/h8-9H,2-7,17H2,1H3,(H,18,21). The number of benzene rings is 1. The molecule has 1 saturated heterocycles. The number of rotatable bonds is 4. The highest BCUT2D eigenvalue weighted by atomic mass is 35.5. The smallest absolute Gasteiger partial charge is 0.225 e. The zero-order chi connectivity index (χ0) is 15.4. The topological polar surface area (TPSA) is 61.6 Å². The highest BCUT2D eigenvalue weighted by Gasteiger charge is 2.16. The van der Waals surface area contributed by atoms with E-state index in [4.69, 9.17) is 28.9 Å². The van der Waals surface area contributed by atoms with Crippen LogP contribution in [0, 0.1) is 0 Å².